The van der Waals surface area contributed by atoms with Crippen LogP contribution >= 0.6 is 0 Å². The first-order valence-electron chi connectivity index (χ1n) is 2.78. The van der Waals surface area contributed by atoms with E-state index < -0.39 is 5.88 Å². The number of methoxy groups -OCH3 is 1. The van der Waals surface area contributed by atoms with Crippen LogP contribution in [0.4, 0.5) is 5.82 Å². The molecule has 0 aliphatic heterocycles. The van der Waals surface area contributed by atoms with Crippen LogP contribution in [-0.4, -0.2) is 17.3 Å². The summed E-state index contributed by atoms with van der Waals surface area (Å²) in [6, 6.07) is 1.09. The average molecular weight is 157 g/mol. The molecule has 0 aliphatic rings. The lowest BCUT2D eigenvalue weighted by Gasteiger charge is -2.01. The summed E-state index contributed by atoms with van der Waals surface area (Å²) < 4.78 is 4.68. The van der Waals surface area contributed by atoms with Crippen LogP contribution in [0.1, 0.15) is 0 Å². The minimum atomic E-state index is -0.545. The van der Waals surface area contributed by atoms with Gasteiger partial charge >= 0.3 is 5.88 Å². The molecule has 0 spiro atoms. The van der Waals surface area contributed by atoms with Crippen LogP contribution < -0.4 is 15.3 Å². The highest BCUT2D eigenvalue weighted by Crippen LogP contribution is 2.18. The van der Waals surface area contributed by atoms with Gasteiger partial charge in [0, 0.05) is 5.10 Å². The van der Waals surface area contributed by atoms with Crippen LogP contribution in [0.5, 0.6) is 11.6 Å². The summed E-state index contributed by atoms with van der Waals surface area (Å²) in [5.74, 6) is -0.425. The minimum absolute atomic E-state index is 0.0118. The summed E-state index contributed by atoms with van der Waals surface area (Å²) in [7, 11) is 1.36. The maximum Gasteiger partial charge on any atom is 0.407 e. The molecule has 0 amide bonds. The Balaban J connectivity index is 3.21. The van der Waals surface area contributed by atoms with Gasteiger partial charge in [0.1, 0.15) is 6.07 Å². The van der Waals surface area contributed by atoms with Gasteiger partial charge in [0.15, 0.2) is 5.75 Å². The van der Waals surface area contributed by atoms with E-state index in [-0.39, 0.29) is 16.4 Å². The Bertz CT molecular complexity index is 276. The number of ether oxygens (including phenoxy) is 1. The van der Waals surface area contributed by atoms with Gasteiger partial charge in [-0.25, -0.2) is 0 Å². The standard InChI is InChI=1S/C5H7N3O3/c1-11-3-2-4(9)8(10)7-5(3)6/h2,9H,1H3,(H2,6,7). The molecule has 11 heavy (non-hydrogen) atoms. The first kappa shape index (κ1) is 7.39. The molecule has 0 saturated heterocycles. The molecule has 0 aromatic carbocycles. The molecule has 6 heteroatoms. The zero-order valence-corrected chi connectivity index (χ0v) is 5.81. The molecule has 0 fully saturated rings. The lowest BCUT2D eigenvalue weighted by Crippen LogP contribution is -2.31. The largest absolute Gasteiger partial charge is 0.591 e. The van der Waals surface area contributed by atoms with E-state index >= 15 is 0 Å². The molecule has 1 rings (SSSR count). The lowest BCUT2D eigenvalue weighted by molar-refractivity contribution is -0.674. The van der Waals surface area contributed by atoms with Crippen molar-refractivity contribution in [2.75, 3.05) is 12.8 Å². The summed E-state index contributed by atoms with van der Waals surface area (Å²) in [6.45, 7) is 0. The zero-order chi connectivity index (χ0) is 8.43. The Morgan fingerprint density at radius 1 is 1.82 bits per heavy atom. The summed E-state index contributed by atoms with van der Waals surface area (Å²) >= 11 is 0. The number of aromatic nitrogens is 2. The average Bonchev–Trinajstić information content (AvgIpc) is 1.97. The molecule has 1 heterocycles. The van der Waals surface area contributed by atoms with Crippen molar-refractivity contribution in [3.8, 4) is 11.6 Å². The first-order chi connectivity index (χ1) is 5.15. The van der Waals surface area contributed by atoms with Gasteiger partial charge in [0.2, 0.25) is 5.82 Å². The molecule has 1 aromatic rings. The fraction of sp³-hybridized carbons (Fsp3) is 0.200. The predicted molar refractivity (Wildman–Crippen MR) is 35.8 cm³/mol. The minimum Gasteiger partial charge on any atom is -0.591 e. The monoisotopic (exact) mass is 157 g/mol. The van der Waals surface area contributed by atoms with Gasteiger partial charge in [-0.15, -0.1) is 0 Å². The summed E-state index contributed by atoms with van der Waals surface area (Å²) in [4.78, 5) is 0.0118. The van der Waals surface area contributed by atoms with Crippen molar-refractivity contribution < 1.29 is 14.7 Å². The number of nitrogens with zero attached hydrogens (tertiary/aromatic N) is 2. The van der Waals surface area contributed by atoms with Crippen molar-refractivity contribution in [2.45, 2.75) is 0 Å². The normalized spacial score (nSPS) is 9.55. The Labute approximate surface area is 62.4 Å². The van der Waals surface area contributed by atoms with E-state index in [4.69, 9.17) is 10.8 Å². The van der Waals surface area contributed by atoms with Crippen molar-refractivity contribution in [1.82, 2.24) is 5.10 Å². The van der Waals surface area contributed by atoms with E-state index in [0.29, 0.717) is 0 Å². The van der Waals surface area contributed by atoms with Crippen LogP contribution in [0.2, 0.25) is 0 Å². The van der Waals surface area contributed by atoms with E-state index in [9.17, 15) is 5.21 Å². The molecule has 6 nitrogen and oxygen atoms in total. The van der Waals surface area contributed by atoms with E-state index in [1.54, 1.807) is 0 Å². The zero-order valence-electron chi connectivity index (χ0n) is 5.81. The smallest absolute Gasteiger partial charge is 0.407 e. The highest BCUT2D eigenvalue weighted by atomic mass is 16.5. The number of rotatable bonds is 1. The third kappa shape index (κ3) is 1.23. The first-order valence-corrected chi connectivity index (χ1v) is 2.78. The maximum atomic E-state index is 10.5. The van der Waals surface area contributed by atoms with Crippen molar-refractivity contribution in [2.24, 2.45) is 0 Å². The predicted octanol–water partition coefficient (Wildman–Crippen LogP) is -0.989. The summed E-state index contributed by atoms with van der Waals surface area (Å²) in [6.07, 6.45) is 0. The van der Waals surface area contributed by atoms with E-state index in [1.807, 2.05) is 0 Å². The number of nitrogens with two attached hydrogens (primary N) is 1. The summed E-state index contributed by atoms with van der Waals surface area (Å²) in [5.41, 5.74) is 5.23. The lowest BCUT2D eigenvalue weighted by atomic mass is 10.5. The highest BCUT2D eigenvalue weighted by molar-refractivity contribution is 5.44. The second-order valence-electron chi connectivity index (χ2n) is 1.83. The molecule has 0 radical (unpaired) electrons. The number of aromatic hydroxyl groups is 1. The van der Waals surface area contributed by atoms with E-state index in [2.05, 4.69) is 9.84 Å². The SMILES string of the molecule is COc1cc(O)[n+]([O-])nc1N. The molecule has 0 unspecified atom stereocenters. The van der Waals surface area contributed by atoms with Gasteiger partial charge in [-0.3, -0.25) is 0 Å². The van der Waals surface area contributed by atoms with Crippen LogP contribution in [0.15, 0.2) is 6.07 Å². The maximum absolute atomic E-state index is 10.5. The van der Waals surface area contributed by atoms with Crippen molar-refractivity contribution in [3.63, 3.8) is 0 Å². The Morgan fingerprint density at radius 3 is 3.00 bits per heavy atom. The van der Waals surface area contributed by atoms with Gasteiger partial charge < -0.3 is 20.8 Å². The van der Waals surface area contributed by atoms with Gasteiger partial charge in [-0.05, 0) is 4.85 Å². The Kier molecular flexibility index (Phi) is 1.67. The Morgan fingerprint density at radius 2 is 2.45 bits per heavy atom. The molecule has 0 saturated carbocycles. The fourth-order valence-corrected chi connectivity index (χ4v) is 0.608. The van der Waals surface area contributed by atoms with Crippen LogP contribution in [0.25, 0.3) is 0 Å². The van der Waals surface area contributed by atoms with Gasteiger partial charge in [-0.1, -0.05) is 0 Å². The fourth-order valence-electron chi connectivity index (χ4n) is 0.608. The molecular formula is C5H7N3O3. The van der Waals surface area contributed by atoms with Crippen LogP contribution in [0, 0.1) is 5.21 Å². The second kappa shape index (κ2) is 2.49. The molecule has 1 aromatic heterocycles. The highest BCUT2D eigenvalue weighted by Gasteiger charge is 2.11. The number of hydrogen-bond donors (Lipinski definition) is 2. The summed E-state index contributed by atoms with van der Waals surface area (Å²) in [5, 5.41) is 22.5. The number of anilines is 1. The molecule has 60 valence electrons. The topological polar surface area (TPSA) is 95.3 Å². The van der Waals surface area contributed by atoms with Gasteiger partial charge in [0.25, 0.3) is 0 Å². The van der Waals surface area contributed by atoms with Crippen molar-refractivity contribution >= 4 is 5.82 Å². The third-order valence-corrected chi connectivity index (χ3v) is 1.13. The van der Waals surface area contributed by atoms with Crippen molar-refractivity contribution in [1.29, 1.82) is 0 Å². The molecule has 0 atom stereocenters. The van der Waals surface area contributed by atoms with Gasteiger partial charge in [-0.2, -0.15) is 0 Å². The molecule has 0 bridgehead atoms. The van der Waals surface area contributed by atoms with Crippen molar-refractivity contribution in [3.05, 3.63) is 11.3 Å². The van der Waals surface area contributed by atoms with Crippen LogP contribution in [0.3, 0.4) is 0 Å². The quantitative estimate of drug-likeness (QED) is 0.403. The molecular weight excluding hydrogens is 150 g/mol. The van der Waals surface area contributed by atoms with E-state index in [0.717, 1.165) is 6.07 Å². The second-order valence-corrected chi connectivity index (χ2v) is 1.83. The Hall–Kier alpha value is -1.72. The molecule has 3 N–H and O–H groups in total. The number of nitrogen functional groups attached to an aromatic ring is 1. The third-order valence-electron chi connectivity index (χ3n) is 1.13. The van der Waals surface area contributed by atoms with Crippen LogP contribution in [-0.2, 0) is 0 Å². The number of hydrogen-bond acceptors (Lipinski definition) is 5. The van der Waals surface area contributed by atoms with Gasteiger partial charge in [0.05, 0.1) is 7.11 Å². The van der Waals surface area contributed by atoms with E-state index in [1.165, 1.54) is 7.11 Å². The molecule has 0 aliphatic carbocycles.